The predicted molar refractivity (Wildman–Crippen MR) is 110 cm³/mol. The Morgan fingerprint density at radius 3 is 1.64 bits per heavy atom. The number of carbonyl (C=O) groups is 1. The zero-order chi connectivity index (χ0) is 18.8. The second-order valence-electron chi connectivity index (χ2n) is 7.46. The molecular formula is C25H19NO2. The molecule has 2 aliphatic heterocycles. The number of amides is 1. The molecule has 0 aromatic heterocycles. The van der Waals surface area contributed by atoms with Crippen molar-refractivity contribution in [2.75, 3.05) is 6.61 Å². The Bertz CT molecular complexity index is 1190. The first-order chi connectivity index (χ1) is 13.8. The zero-order valence-corrected chi connectivity index (χ0v) is 15.6. The Balaban J connectivity index is 1.76. The number of rotatable bonds is 1. The van der Waals surface area contributed by atoms with Gasteiger partial charge in [0, 0.05) is 0 Å². The molecule has 28 heavy (non-hydrogen) atoms. The molecule has 4 aromatic rings. The van der Waals surface area contributed by atoms with Crippen molar-refractivity contribution >= 4 is 27.6 Å². The van der Waals surface area contributed by atoms with E-state index in [0.29, 0.717) is 6.61 Å². The molecule has 0 saturated carbocycles. The molecule has 136 valence electrons. The second-order valence-corrected chi connectivity index (χ2v) is 7.46. The van der Waals surface area contributed by atoms with Crippen LogP contribution in [0.25, 0.3) is 21.5 Å². The van der Waals surface area contributed by atoms with Gasteiger partial charge in [0.25, 0.3) is 0 Å². The van der Waals surface area contributed by atoms with Crippen LogP contribution >= 0.6 is 0 Å². The van der Waals surface area contributed by atoms with E-state index in [1.807, 2.05) is 11.8 Å². The third kappa shape index (κ3) is 1.81. The normalized spacial score (nSPS) is 19.1. The Morgan fingerprint density at radius 2 is 1.18 bits per heavy atom. The number of ether oxygens (including phenoxy) is 1. The molecule has 1 amide bonds. The first-order valence-electron chi connectivity index (χ1n) is 9.78. The van der Waals surface area contributed by atoms with Gasteiger partial charge in [0.15, 0.2) is 0 Å². The topological polar surface area (TPSA) is 29.5 Å². The van der Waals surface area contributed by atoms with Gasteiger partial charge in [0.05, 0.1) is 18.7 Å². The minimum absolute atomic E-state index is 0.0928. The van der Waals surface area contributed by atoms with E-state index in [1.165, 1.54) is 43.8 Å². The van der Waals surface area contributed by atoms with E-state index in [1.54, 1.807) is 0 Å². The van der Waals surface area contributed by atoms with Gasteiger partial charge < -0.3 is 4.74 Å². The Kier molecular flexibility index (Phi) is 3.13. The van der Waals surface area contributed by atoms with Gasteiger partial charge in [-0.3, -0.25) is 4.90 Å². The van der Waals surface area contributed by atoms with Crippen molar-refractivity contribution in [3.8, 4) is 0 Å². The van der Waals surface area contributed by atoms with Gasteiger partial charge in [-0.1, -0.05) is 72.8 Å². The molecule has 2 atom stereocenters. The van der Waals surface area contributed by atoms with Crippen LogP contribution < -0.4 is 0 Å². The fraction of sp³-hybridized carbons (Fsp3) is 0.160. The van der Waals surface area contributed by atoms with E-state index in [4.69, 9.17) is 4.74 Å². The van der Waals surface area contributed by atoms with Crippen molar-refractivity contribution in [2.24, 2.45) is 0 Å². The van der Waals surface area contributed by atoms with Gasteiger partial charge in [0.1, 0.15) is 0 Å². The van der Waals surface area contributed by atoms with Crippen LogP contribution in [-0.4, -0.2) is 17.6 Å². The van der Waals surface area contributed by atoms with Crippen LogP contribution in [-0.2, 0) is 4.74 Å². The van der Waals surface area contributed by atoms with Crippen molar-refractivity contribution in [3.63, 3.8) is 0 Å². The quantitative estimate of drug-likeness (QED) is 0.390. The lowest BCUT2D eigenvalue weighted by Gasteiger charge is -2.22. The van der Waals surface area contributed by atoms with Crippen LogP contribution in [0.4, 0.5) is 4.79 Å². The summed E-state index contributed by atoms with van der Waals surface area (Å²) in [6.45, 7) is 2.24. The average Bonchev–Trinajstić information content (AvgIpc) is 3.27. The number of fused-ring (bicyclic) bond motifs is 13. The molecule has 0 radical (unpaired) electrons. The number of hydrogen-bond acceptors (Lipinski definition) is 2. The van der Waals surface area contributed by atoms with Crippen LogP contribution in [0.2, 0.25) is 0 Å². The molecule has 0 unspecified atom stereocenters. The minimum Gasteiger partial charge on any atom is -0.450 e. The summed E-state index contributed by atoms with van der Waals surface area (Å²) >= 11 is 0. The maximum atomic E-state index is 13.0. The van der Waals surface area contributed by atoms with Gasteiger partial charge in [-0.05, 0) is 50.7 Å². The van der Waals surface area contributed by atoms with E-state index < -0.39 is 0 Å². The lowest BCUT2D eigenvalue weighted by Crippen LogP contribution is -2.29. The molecule has 0 N–H and O–H groups in total. The van der Waals surface area contributed by atoms with Crippen LogP contribution in [0.5, 0.6) is 0 Å². The molecular weight excluding hydrogens is 346 g/mol. The molecule has 2 bridgehead atoms. The summed E-state index contributed by atoms with van der Waals surface area (Å²) < 4.78 is 5.48. The van der Waals surface area contributed by atoms with Crippen molar-refractivity contribution in [1.82, 2.24) is 4.90 Å². The SMILES string of the molecule is CCOC(=O)N1[C@@H]2c3ccccc3[C@H]1c1c2c2ccccc2c2ccccc12. The fourth-order valence-corrected chi connectivity index (χ4v) is 5.24. The lowest BCUT2D eigenvalue weighted by molar-refractivity contribution is 0.0977. The molecule has 2 aliphatic rings. The summed E-state index contributed by atoms with van der Waals surface area (Å²) in [5, 5.41) is 4.94. The molecule has 3 nitrogen and oxygen atoms in total. The van der Waals surface area contributed by atoms with Crippen LogP contribution in [0.15, 0.2) is 72.8 Å². The molecule has 0 saturated heterocycles. The standard InChI is InChI=1S/C25H19NO2/c1-2-28-25(27)26-23-19-13-7-8-14-20(19)24(26)22-18-12-6-4-10-16(18)15-9-3-5-11-17(15)21(22)23/h3-14,23-24H,2H2,1H3/t23-,24+. The monoisotopic (exact) mass is 365 g/mol. The molecule has 3 heteroatoms. The van der Waals surface area contributed by atoms with Gasteiger partial charge >= 0.3 is 6.09 Å². The Morgan fingerprint density at radius 1 is 0.750 bits per heavy atom. The smallest absolute Gasteiger partial charge is 0.411 e. The Hall–Kier alpha value is -3.33. The molecule has 0 fully saturated rings. The largest absolute Gasteiger partial charge is 0.450 e. The van der Waals surface area contributed by atoms with E-state index in [2.05, 4.69) is 72.8 Å². The lowest BCUT2D eigenvalue weighted by atomic mass is 9.80. The maximum Gasteiger partial charge on any atom is 0.411 e. The van der Waals surface area contributed by atoms with Crippen LogP contribution in [0.1, 0.15) is 41.3 Å². The number of benzene rings is 4. The average molecular weight is 365 g/mol. The highest BCUT2D eigenvalue weighted by atomic mass is 16.6. The summed E-state index contributed by atoms with van der Waals surface area (Å²) in [5.41, 5.74) is 4.94. The van der Waals surface area contributed by atoms with Crippen LogP contribution in [0.3, 0.4) is 0 Å². The molecule has 6 rings (SSSR count). The highest BCUT2D eigenvalue weighted by molar-refractivity contribution is 6.12. The van der Waals surface area contributed by atoms with E-state index in [9.17, 15) is 4.79 Å². The van der Waals surface area contributed by atoms with Gasteiger partial charge in [-0.15, -0.1) is 0 Å². The third-order valence-electron chi connectivity index (χ3n) is 6.18. The summed E-state index contributed by atoms with van der Waals surface area (Å²) in [7, 11) is 0. The van der Waals surface area contributed by atoms with Gasteiger partial charge in [0.2, 0.25) is 0 Å². The summed E-state index contributed by atoms with van der Waals surface area (Å²) in [4.78, 5) is 15.0. The predicted octanol–water partition coefficient (Wildman–Crippen LogP) is 5.96. The molecule has 4 aromatic carbocycles. The third-order valence-corrected chi connectivity index (χ3v) is 6.18. The summed E-state index contributed by atoms with van der Waals surface area (Å²) in [6.07, 6.45) is -0.238. The minimum atomic E-state index is -0.238. The highest BCUT2D eigenvalue weighted by Gasteiger charge is 2.52. The molecule has 0 spiro atoms. The first-order valence-corrected chi connectivity index (χ1v) is 9.78. The zero-order valence-electron chi connectivity index (χ0n) is 15.6. The van der Waals surface area contributed by atoms with Crippen molar-refractivity contribution in [2.45, 2.75) is 19.0 Å². The van der Waals surface area contributed by atoms with Crippen LogP contribution in [0, 0.1) is 0 Å². The second kappa shape index (κ2) is 5.59. The Labute approximate surface area is 163 Å². The summed E-state index contributed by atoms with van der Waals surface area (Å²) in [6, 6.07) is 25.3. The van der Waals surface area contributed by atoms with E-state index in [0.717, 1.165) is 0 Å². The number of nitrogens with zero attached hydrogens (tertiary/aromatic N) is 1. The number of carbonyl (C=O) groups excluding carboxylic acids is 1. The van der Waals surface area contributed by atoms with E-state index in [-0.39, 0.29) is 18.2 Å². The van der Waals surface area contributed by atoms with Crippen molar-refractivity contribution in [1.29, 1.82) is 0 Å². The number of hydrogen-bond donors (Lipinski definition) is 0. The molecule has 0 aliphatic carbocycles. The van der Waals surface area contributed by atoms with Crippen molar-refractivity contribution in [3.05, 3.63) is 95.1 Å². The van der Waals surface area contributed by atoms with Gasteiger partial charge in [-0.25, -0.2) is 4.79 Å². The highest BCUT2D eigenvalue weighted by Crippen LogP contribution is 2.60. The maximum absolute atomic E-state index is 13.0. The van der Waals surface area contributed by atoms with Crippen molar-refractivity contribution < 1.29 is 9.53 Å². The summed E-state index contributed by atoms with van der Waals surface area (Å²) in [5.74, 6) is 0. The fourth-order valence-electron chi connectivity index (χ4n) is 5.24. The van der Waals surface area contributed by atoms with E-state index >= 15 is 0 Å². The first kappa shape index (κ1) is 15.7. The molecule has 2 heterocycles. The van der Waals surface area contributed by atoms with Gasteiger partial charge in [-0.2, -0.15) is 0 Å².